The van der Waals surface area contributed by atoms with Crippen LogP contribution in [-0.2, 0) is 35.8 Å². The molecule has 0 bridgehead atoms. The molecule has 2 aliphatic rings. The molecule has 1 atom stereocenters. The van der Waals surface area contributed by atoms with Crippen LogP contribution >= 0.6 is 0 Å². The minimum absolute atomic E-state index is 0. The number of nitrogens with zero attached hydrogens (tertiary/aromatic N) is 4. The van der Waals surface area contributed by atoms with Crippen molar-refractivity contribution in [3.05, 3.63) is 168 Å². The standard InChI is InChI=1S/C22H22N2O4.C21H17FN2O3.2CH4/c1-27-19-5-2-4-16(12-19)13-24-21(15-28-18-9-7-17(25)8-10-18)20-6-3-11-23(20)14-22(24)26;22-16-4-1-3-15(11-16)12-24-20(14-27-18-8-6-17(25)7-9-18)19-5-2-10-23(19)13-21(24)26;;/h2-12,21,25H,13-15H2,1H3;1-11,14,25H,12-13H2;2*1H4/b;20-14+;;. The van der Waals surface area contributed by atoms with Crippen molar-refractivity contribution >= 4 is 17.5 Å². The molecule has 0 saturated carbocycles. The summed E-state index contributed by atoms with van der Waals surface area (Å²) >= 11 is 0. The Morgan fingerprint density at radius 1 is 0.702 bits per heavy atom. The lowest BCUT2D eigenvalue weighted by molar-refractivity contribution is -0.138. The maximum atomic E-state index is 13.5. The van der Waals surface area contributed by atoms with Crippen LogP contribution in [0.4, 0.5) is 4.39 Å². The minimum atomic E-state index is -0.341. The fourth-order valence-electron chi connectivity index (χ4n) is 6.55. The van der Waals surface area contributed by atoms with Crippen molar-refractivity contribution < 1.29 is 38.4 Å². The quantitative estimate of drug-likeness (QED) is 0.134. The molecule has 0 aliphatic carbocycles. The minimum Gasteiger partial charge on any atom is -0.508 e. The summed E-state index contributed by atoms with van der Waals surface area (Å²) in [4.78, 5) is 29.0. The van der Waals surface area contributed by atoms with Crippen molar-refractivity contribution in [2.24, 2.45) is 0 Å². The zero-order valence-electron chi connectivity index (χ0n) is 30.0. The van der Waals surface area contributed by atoms with Gasteiger partial charge in [-0.25, -0.2) is 4.39 Å². The molecule has 2 aromatic heterocycles. The first-order chi connectivity index (χ1) is 26.7. The van der Waals surface area contributed by atoms with Gasteiger partial charge in [-0.3, -0.25) is 9.59 Å². The van der Waals surface area contributed by atoms with Gasteiger partial charge in [-0.15, -0.1) is 0 Å². The summed E-state index contributed by atoms with van der Waals surface area (Å²) in [7, 11) is 1.63. The average Bonchev–Trinajstić information content (AvgIpc) is 3.86. The van der Waals surface area contributed by atoms with Crippen molar-refractivity contribution in [3.8, 4) is 28.7 Å². The van der Waals surface area contributed by atoms with Crippen molar-refractivity contribution in [1.82, 2.24) is 18.9 Å². The predicted molar refractivity (Wildman–Crippen MR) is 216 cm³/mol. The third-order valence-corrected chi connectivity index (χ3v) is 9.30. The van der Waals surface area contributed by atoms with Gasteiger partial charge >= 0.3 is 0 Å². The van der Waals surface area contributed by atoms with Crippen LogP contribution < -0.4 is 14.2 Å². The number of amides is 2. The van der Waals surface area contributed by atoms with Crippen LogP contribution in [0, 0.1) is 5.82 Å². The van der Waals surface area contributed by atoms with Gasteiger partial charge in [0.05, 0.1) is 19.3 Å². The summed E-state index contributed by atoms with van der Waals surface area (Å²) in [5, 5.41) is 18.8. The number of aromatic hydroxyl groups is 2. The van der Waals surface area contributed by atoms with Crippen molar-refractivity contribution in [3.63, 3.8) is 0 Å². The number of hydrogen-bond donors (Lipinski definition) is 2. The number of ether oxygens (including phenoxy) is 3. The lowest BCUT2D eigenvalue weighted by Crippen LogP contribution is -2.44. The molecule has 0 fully saturated rings. The van der Waals surface area contributed by atoms with Gasteiger partial charge in [0.1, 0.15) is 72.3 Å². The molecule has 1 unspecified atom stereocenters. The maximum absolute atomic E-state index is 13.5. The van der Waals surface area contributed by atoms with Gasteiger partial charge < -0.3 is 43.4 Å². The van der Waals surface area contributed by atoms with E-state index >= 15 is 0 Å². The highest BCUT2D eigenvalue weighted by molar-refractivity contribution is 5.89. The van der Waals surface area contributed by atoms with Crippen molar-refractivity contribution in [2.75, 3.05) is 13.7 Å². The second kappa shape index (κ2) is 18.6. The molecule has 0 saturated heterocycles. The van der Waals surface area contributed by atoms with Crippen LogP contribution in [0.5, 0.6) is 28.7 Å². The fraction of sp³-hybridized carbons (Fsp3) is 0.200. The molecule has 0 radical (unpaired) electrons. The summed E-state index contributed by atoms with van der Waals surface area (Å²) in [6.45, 7) is 1.58. The van der Waals surface area contributed by atoms with E-state index < -0.39 is 0 Å². The van der Waals surface area contributed by atoms with Gasteiger partial charge in [-0.2, -0.15) is 0 Å². The molecular formula is C45H47FN4O7. The molecule has 2 N–H and O–H groups in total. The Labute approximate surface area is 332 Å². The largest absolute Gasteiger partial charge is 0.508 e. The SMILES string of the molecule is C.C.COc1cccc(CN2C(=O)Cn3cccc3C2COc2ccc(O)cc2)c1.O=C1Cn2cccc2/C(=C\Oc2ccc(O)cc2)N1Cc1cccc(F)c1. The zero-order valence-corrected chi connectivity index (χ0v) is 30.0. The number of methoxy groups -OCH3 is 1. The Morgan fingerprint density at radius 2 is 1.33 bits per heavy atom. The van der Waals surface area contributed by atoms with E-state index in [1.54, 1.807) is 60.5 Å². The van der Waals surface area contributed by atoms with Gasteiger partial charge in [0.15, 0.2) is 0 Å². The van der Waals surface area contributed by atoms with Gasteiger partial charge in [-0.05, 0) is 108 Å². The van der Waals surface area contributed by atoms with E-state index in [2.05, 4.69) is 0 Å². The summed E-state index contributed by atoms with van der Waals surface area (Å²) in [5.74, 6) is 1.87. The van der Waals surface area contributed by atoms with E-state index in [-0.39, 0.29) is 63.1 Å². The van der Waals surface area contributed by atoms with E-state index in [9.17, 15) is 24.2 Å². The highest BCUT2D eigenvalue weighted by Crippen LogP contribution is 2.31. The van der Waals surface area contributed by atoms with E-state index in [0.29, 0.717) is 42.5 Å². The first-order valence-corrected chi connectivity index (χ1v) is 17.6. The van der Waals surface area contributed by atoms with Crippen LogP contribution in [0.2, 0.25) is 0 Å². The summed E-state index contributed by atoms with van der Waals surface area (Å²) < 4.78 is 34.3. The Morgan fingerprint density at radius 3 is 2.04 bits per heavy atom. The monoisotopic (exact) mass is 774 g/mol. The number of carbonyl (C=O) groups is 2. The Balaban J connectivity index is 0.000000210. The van der Waals surface area contributed by atoms with Gasteiger partial charge in [-0.1, -0.05) is 39.1 Å². The van der Waals surface area contributed by atoms with Crippen LogP contribution in [0.25, 0.3) is 5.70 Å². The number of benzene rings is 4. The third-order valence-electron chi connectivity index (χ3n) is 9.30. The molecule has 2 amide bonds. The molecular weight excluding hydrogens is 728 g/mol. The summed E-state index contributed by atoms with van der Waals surface area (Å²) in [6, 6.07) is 34.4. The number of rotatable bonds is 10. The molecule has 12 heteroatoms. The lowest BCUT2D eigenvalue weighted by Gasteiger charge is -2.36. The zero-order chi connectivity index (χ0) is 38.3. The van der Waals surface area contributed by atoms with E-state index in [1.165, 1.54) is 30.5 Å². The van der Waals surface area contributed by atoms with E-state index in [4.69, 9.17) is 14.2 Å². The number of aromatic nitrogens is 2. The predicted octanol–water partition coefficient (Wildman–Crippen LogP) is 8.39. The highest BCUT2D eigenvalue weighted by Gasteiger charge is 2.33. The normalized spacial score (nSPS) is 15.0. The molecule has 11 nitrogen and oxygen atoms in total. The van der Waals surface area contributed by atoms with Gasteiger partial charge in [0.25, 0.3) is 0 Å². The van der Waals surface area contributed by atoms with E-state index in [0.717, 1.165) is 22.7 Å². The van der Waals surface area contributed by atoms with Crippen LogP contribution in [0.1, 0.15) is 43.4 Å². The number of halogens is 1. The molecule has 0 spiro atoms. The Hall–Kier alpha value is -6.95. The van der Waals surface area contributed by atoms with E-state index in [1.807, 2.05) is 75.0 Å². The number of carbonyl (C=O) groups excluding carboxylic acids is 2. The van der Waals surface area contributed by atoms with Crippen LogP contribution in [0.3, 0.4) is 0 Å². The number of phenolic OH excluding ortho intramolecular Hbond substituents is 2. The molecule has 2 aliphatic heterocycles. The average molecular weight is 775 g/mol. The second-order valence-electron chi connectivity index (χ2n) is 13.0. The highest BCUT2D eigenvalue weighted by atomic mass is 19.1. The van der Waals surface area contributed by atoms with Crippen molar-refractivity contribution in [1.29, 1.82) is 0 Å². The first kappa shape index (κ1) is 41.2. The van der Waals surface area contributed by atoms with Crippen LogP contribution in [0.15, 0.2) is 140 Å². The molecule has 4 aromatic carbocycles. The first-order valence-electron chi connectivity index (χ1n) is 17.6. The lowest BCUT2D eigenvalue weighted by atomic mass is 10.1. The van der Waals surface area contributed by atoms with Crippen molar-refractivity contribution in [2.45, 2.75) is 47.1 Å². The molecule has 8 rings (SSSR count). The Kier molecular flexibility index (Phi) is 13.4. The number of fused-ring (bicyclic) bond motifs is 2. The second-order valence-corrected chi connectivity index (χ2v) is 13.0. The number of phenols is 2. The third kappa shape index (κ3) is 9.84. The number of hydrogen-bond acceptors (Lipinski definition) is 7. The van der Waals surface area contributed by atoms with Crippen LogP contribution in [-0.4, -0.2) is 54.7 Å². The maximum Gasteiger partial charge on any atom is 0.247 e. The Bertz CT molecular complexity index is 2300. The smallest absolute Gasteiger partial charge is 0.247 e. The topological polar surface area (TPSA) is 119 Å². The molecule has 4 heterocycles. The molecule has 57 heavy (non-hydrogen) atoms. The summed E-state index contributed by atoms with van der Waals surface area (Å²) in [5.41, 5.74) is 4.17. The molecule has 296 valence electrons. The van der Waals surface area contributed by atoms with Gasteiger partial charge in [0, 0.05) is 24.6 Å². The molecule has 6 aromatic rings. The fourth-order valence-corrected chi connectivity index (χ4v) is 6.55. The van der Waals surface area contributed by atoms with Gasteiger partial charge in [0.2, 0.25) is 11.8 Å². The summed E-state index contributed by atoms with van der Waals surface area (Å²) in [6.07, 6.45) is 5.26.